The molecule has 0 heterocycles. The molecule has 2 atom stereocenters. The van der Waals surface area contributed by atoms with Crippen molar-refractivity contribution in [3.63, 3.8) is 0 Å². The number of aliphatic hydroxyl groups is 1. The smallest absolute Gasteiger partial charge is 0.407 e. The second kappa shape index (κ2) is 9.26. The Morgan fingerprint density at radius 3 is 2.10 bits per heavy atom. The van der Waals surface area contributed by atoms with Gasteiger partial charge in [-0.3, -0.25) is 0 Å². The number of nitrogens with one attached hydrogen (secondary N) is 2. The lowest BCUT2D eigenvalue weighted by Crippen LogP contribution is -2.49. The van der Waals surface area contributed by atoms with Crippen molar-refractivity contribution < 1.29 is 14.6 Å². The molecule has 0 aromatic rings. The summed E-state index contributed by atoms with van der Waals surface area (Å²) < 4.78 is 5.26. The number of carbonyl (C=O) groups is 1. The van der Waals surface area contributed by atoms with E-state index in [4.69, 9.17) is 4.74 Å². The zero-order chi connectivity index (χ0) is 16.6. The fourth-order valence-electron chi connectivity index (χ4n) is 1.94. The van der Waals surface area contributed by atoms with Crippen molar-refractivity contribution in [1.29, 1.82) is 0 Å². The molecule has 0 saturated carbocycles. The minimum absolute atomic E-state index is 0.306. The lowest BCUT2D eigenvalue weighted by atomic mass is 9.99. The monoisotopic (exact) mass is 302 g/mol. The molecular formula is C16H34N2O3. The summed E-state index contributed by atoms with van der Waals surface area (Å²) in [7, 11) is 0. The van der Waals surface area contributed by atoms with Crippen LogP contribution in [0.3, 0.4) is 0 Å². The molecule has 0 bridgehead atoms. The zero-order valence-corrected chi connectivity index (χ0v) is 14.7. The summed E-state index contributed by atoms with van der Waals surface area (Å²) in [5.74, 6) is 0.907. The van der Waals surface area contributed by atoms with Gasteiger partial charge in [0.15, 0.2) is 0 Å². The van der Waals surface area contributed by atoms with Gasteiger partial charge in [0.05, 0.1) is 12.1 Å². The van der Waals surface area contributed by atoms with Gasteiger partial charge in [-0.25, -0.2) is 4.79 Å². The predicted molar refractivity (Wildman–Crippen MR) is 86.3 cm³/mol. The van der Waals surface area contributed by atoms with E-state index in [0.717, 1.165) is 6.54 Å². The maximum Gasteiger partial charge on any atom is 0.407 e. The molecule has 0 spiro atoms. The summed E-state index contributed by atoms with van der Waals surface area (Å²) >= 11 is 0. The number of ether oxygens (including phenoxy) is 1. The highest BCUT2D eigenvalue weighted by molar-refractivity contribution is 5.68. The molecule has 5 nitrogen and oxygen atoms in total. The quantitative estimate of drug-likeness (QED) is 0.644. The van der Waals surface area contributed by atoms with Crippen LogP contribution < -0.4 is 10.6 Å². The van der Waals surface area contributed by atoms with Crippen LogP contribution in [0.2, 0.25) is 0 Å². The molecule has 1 unspecified atom stereocenters. The van der Waals surface area contributed by atoms with Crippen molar-refractivity contribution in [3.8, 4) is 0 Å². The molecule has 0 saturated heterocycles. The van der Waals surface area contributed by atoms with E-state index < -0.39 is 17.8 Å². The molecule has 1 amide bonds. The Morgan fingerprint density at radius 1 is 1.10 bits per heavy atom. The van der Waals surface area contributed by atoms with Crippen LogP contribution in [0, 0.1) is 11.8 Å². The van der Waals surface area contributed by atoms with E-state index in [1.165, 1.54) is 0 Å². The highest BCUT2D eigenvalue weighted by Crippen LogP contribution is 2.11. The van der Waals surface area contributed by atoms with Crippen molar-refractivity contribution in [2.24, 2.45) is 11.8 Å². The Kier molecular flexibility index (Phi) is 8.90. The van der Waals surface area contributed by atoms with Gasteiger partial charge in [-0.15, -0.1) is 0 Å². The lowest BCUT2D eigenvalue weighted by molar-refractivity contribution is 0.0403. The van der Waals surface area contributed by atoms with Crippen LogP contribution in [0.15, 0.2) is 0 Å². The number of amides is 1. The van der Waals surface area contributed by atoms with Crippen molar-refractivity contribution >= 4 is 6.09 Å². The summed E-state index contributed by atoms with van der Waals surface area (Å²) in [4.78, 5) is 11.9. The Hall–Kier alpha value is -0.810. The molecule has 5 heteroatoms. The number of rotatable bonds is 8. The SMILES string of the molecule is CC(C)CNCC(O)[C@H](CC(C)C)NC(=O)OC(C)(C)C. The van der Waals surface area contributed by atoms with E-state index in [1.807, 2.05) is 20.8 Å². The molecule has 126 valence electrons. The molecular weight excluding hydrogens is 268 g/mol. The molecule has 21 heavy (non-hydrogen) atoms. The van der Waals surface area contributed by atoms with E-state index >= 15 is 0 Å². The molecule has 0 aromatic heterocycles. The highest BCUT2D eigenvalue weighted by Gasteiger charge is 2.25. The van der Waals surface area contributed by atoms with Gasteiger partial charge in [-0.1, -0.05) is 27.7 Å². The number of hydrogen-bond acceptors (Lipinski definition) is 4. The zero-order valence-electron chi connectivity index (χ0n) is 14.7. The summed E-state index contributed by atoms with van der Waals surface area (Å²) in [6, 6.07) is -0.306. The number of alkyl carbamates (subject to hydrolysis) is 1. The Morgan fingerprint density at radius 2 is 1.67 bits per heavy atom. The highest BCUT2D eigenvalue weighted by atomic mass is 16.6. The van der Waals surface area contributed by atoms with Crippen molar-refractivity contribution in [1.82, 2.24) is 10.6 Å². The maximum absolute atomic E-state index is 11.9. The first kappa shape index (κ1) is 20.2. The van der Waals surface area contributed by atoms with Crippen molar-refractivity contribution in [2.75, 3.05) is 13.1 Å². The fourth-order valence-corrected chi connectivity index (χ4v) is 1.94. The Balaban J connectivity index is 4.46. The third-order valence-corrected chi connectivity index (χ3v) is 2.80. The van der Waals surface area contributed by atoms with E-state index in [1.54, 1.807) is 0 Å². The van der Waals surface area contributed by atoms with Crippen LogP contribution >= 0.6 is 0 Å². The first-order chi connectivity index (χ1) is 9.51. The Bertz CT molecular complexity index is 298. The maximum atomic E-state index is 11.9. The van der Waals surface area contributed by atoms with E-state index in [-0.39, 0.29) is 6.04 Å². The third-order valence-electron chi connectivity index (χ3n) is 2.80. The number of aliphatic hydroxyl groups excluding tert-OH is 1. The predicted octanol–water partition coefficient (Wildman–Crippen LogP) is 2.53. The second-order valence-electron chi connectivity index (χ2n) is 7.50. The fraction of sp³-hybridized carbons (Fsp3) is 0.938. The van der Waals surface area contributed by atoms with Crippen LogP contribution in [0.4, 0.5) is 4.79 Å². The summed E-state index contributed by atoms with van der Waals surface area (Å²) in [5, 5.41) is 16.3. The minimum Gasteiger partial charge on any atom is -0.444 e. The van der Waals surface area contributed by atoms with E-state index in [2.05, 4.69) is 38.3 Å². The minimum atomic E-state index is -0.626. The van der Waals surface area contributed by atoms with Gasteiger partial charge in [-0.2, -0.15) is 0 Å². The summed E-state index contributed by atoms with van der Waals surface area (Å²) in [6.07, 6.45) is -0.390. The molecule has 3 N–H and O–H groups in total. The van der Waals surface area contributed by atoms with Crippen LogP contribution in [-0.2, 0) is 4.74 Å². The number of hydrogen-bond donors (Lipinski definition) is 3. The van der Waals surface area contributed by atoms with Crippen molar-refractivity contribution in [2.45, 2.75) is 72.6 Å². The number of carbonyl (C=O) groups excluding carboxylic acids is 1. The Labute approximate surface area is 129 Å². The van der Waals surface area contributed by atoms with E-state index in [9.17, 15) is 9.90 Å². The lowest BCUT2D eigenvalue weighted by Gasteiger charge is -2.28. The van der Waals surface area contributed by atoms with Gasteiger partial charge in [0, 0.05) is 6.54 Å². The molecule has 0 rings (SSSR count). The van der Waals surface area contributed by atoms with Gasteiger partial charge in [0.1, 0.15) is 5.60 Å². The normalized spacial score (nSPS) is 15.1. The average molecular weight is 302 g/mol. The van der Waals surface area contributed by atoms with Gasteiger partial charge in [0.2, 0.25) is 0 Å². The summed E-state index contributed by atoms with van der Waals surface area (Å²) in [5.41, 5.74) is -0.534. The molecule has 0 aliphatic carbocycles. The average Bonchev–Trinajstić information content (AvgIpc) is 2.23. The first-order valence-electron chi connectivity index (χ1n) is 7.89. The molecule has 0 aliphatic heterocycles. The standard InChI is InChI=1S/C16H34N2O3/c1-11(2)8-13(14(19)10-17-9-12(3)4)18-15(20)21-16(5,6)7/h11-14,17,19H,8-10H2,1-7H3,(H,18,20)/t13-,14?/m0/s1. The third kappa shape index (κ3) is 11.5. The van der Waals surface area contributed by atoms with Gasteiger partial charge in [-0.05, 0) is 45.6 Å². The van der Waals surface area contributed by atoms with E-state index in [0.29, 0.717) is 24.8 Å². The largest absolute Gasteiger partial charge is 0.444 e. The van der Waals surface area contributed by atoms with Crippen LogP contribution in [-0.4, -0.2) is 42.0 Å². The molecule has 0 radical (unpaired) electrons. The van der Waals surface area contributed by atoms with Crippen molar-refractivity contribution in [3.05, 3.63) is 0 Å². The van der Waals surface area contributed by atoms with Gasteiger partial charge in [0.25, 0.3) is 0 Å². The van der Waals surface area contributed by atoms with Crippen LogP contribution in [0.1, 0.15) is 54.9 Å². The molecule has 0 fully saturated rings. The molecule has 0 aliphatic rings. The second-order valence-corrected chi connectivity index (χ2v) is 7.50. The first-order valence-corrected chi connectivity index (χ1v) is 7.89. The van der Waals surface area contributed by atoms with Gasteiger partial charge >= 0.3 is 6.09 Å². The topological polar surface area (TPSA) is 70.6 Å². The van der Waals surface area contributed by atoms with Crippen LogP contribution in [0.5, 0.6) is 0 Å². The van der Waals surface area contributed by atoms with Gasteiger partial charge < -0.3 is 20.5 Å². The summed E-state index contributed by atoms with van der Waals surface area (Å²) in [6.45, 7) is 15.1. The molecule has 0 aromatic carbocycles. The van der Waals surface area contributed by atoms with Crippen LogP contribution in [0.25, 0.3) is 0 Å².